The molecule has 0 radical (unpaired) electrons. The van der Waals surface area contributed by atoms with Gasteiger partial charge in [-0.1, -0.05) is 0 Å². The van der Waals surface area contributed by atoms with Crippen LogP contribution in [0.3, 0.4) is 0 Å². The van der Waals surface area contributed by atoms with Crippen LogP contribution in [0.15, 0.2) is 34.7 Å². The van der Waals surface area contributed by atoms with E-state index in [9.17, 15) is 17.6 Å². The third-order valence-electron chi connectivity index (χ3n) is 3.35. The minimum Gasteiger partial charge on any atom is -0.465 e. The minimum atomic E-state index is -4.83. The van der Waals surface area contributed by atoms with Gasteiger partial charge in [0.2, 0.25) is 17.2 Å². The Morgan fingerprint density at radius 3 is 2.48 bits per heavy atom. The smallest absolute Gasteiger partial charge is 0.419 e. The van der Waals surface area contributed by atoms with Crippen molar-refractivity contribution in [3.05, 3.63) is 58.5 Å². The fraction of sp³-hybridized carbons (Fsp3) is 0.188. The molecule has 11 heteroatoms. The number of furan rings is 1. The number of aryl methyl sites for hydroxylation is 1. The maximum atomic E-state index is 13.4. The molecule has 0 unspecified atom stereocenters. The summed E-state index contributed by atoms with van der Waals surface area (Å²) in [6.45, 7) is 2.06. The van der Waals surface area contributed by atoms with Gasteiger partial charge in [0, 0.05) is 5.69 Å². The normalized spacial score (nSPS) is 11.5. The van der Waals surface area contributed by atoms with Crippen LogP contribution in [0.5, 0.6) is 0 Å². The lowest BCUT2D eigenvalue weighted by molar-refractivity contribution is -0.139. The van der Waals surface area contributed by atoms with Crippen LogP contribution in [0.25, 0.3) is 0 Å². The first kappa shape index (κ1) is 18.9. The average Bonchev–Trinajstić information content (AvgIpc) is 2.99. The Morgan fingerprint density at radius 1 is 1.07 bits per heavy atom. The van der Waals surface area contributed by atoms with Crippen LogP contribution >= 0.6 is 11.6 Å². The van der Waals surface area contributed by atoms with Crippen LogP contribution < -0.4 is 10.6 Å². The number of benzene rings is 1. The first-order valence-electron chi connectivity index (χ1n) is 7.55. The van der Waals surface area contributed by atoms with Crippen molar-refractivity contribution in [2.75, 3.05) is 10.6 Å². The number of halogens is 5. The van der Waals surface area contributed by atoms with E-state index < -0.39 is 17.6 Å². The molecule has 142 valence electrons. The number of rotatable bonds is 5. The molecule has 0 spiro atoms. The van der Waals surface area contributed by atoms with Gasteiger partial charge in [-0.3, -0.25) is 0 Å². The summed E-state index contributed by atoms with van der Waals surface area (Å²) >= 11 is 5.83. The monoisotopic (exact) mass is 401 g/mol. The highest BCUT2D eigenvalue weighted by Crippen LogP contribution is 2.33. The standard InChI is InChI=1S/C16H12ClF4N5O/c1-8-2-4-10(27-8)7-22-14-24-13(17)25-15(26-14)23-9-3-5-12(18)11(6-9)16(19,20)21/h2-6H,7H2,1H3,(H2,22,23,24,25,26). The maximum absolute atomic E-state index is 13.4. The zero-order valence-electron chi connectivity index (χ0n) is 13.7. The summed E-state index contributed by atoms with van der Waals surface area (Å²) in [5.41, 5.74) is -1.46. The van der Waals surface area contributed by atoms with Gasteiger partial charge in [-0.05, 0) is 48.9 Å². The van der Waals surface area contributed by atoms with Gasteiger partial charge < -0.3 is 15.1 Å². The summed E-state index contributed by atoms with van der Waals surface area (Å²) in [5, 5.41) is 5.24. The van der Waals surface area contributed by atoms with E-state index >= 15 is 0 Å². The Labute approximate surface area is 155 Å². The Kier molecular flexibility index (Phi) is 5.17. The Morgan fingerprint density at radius 2 is 1.81 bits per heavy atom. The minimum absolute atomic E-state index is 0.0569. The SMILES string of the molecule is Cc1ccc(CNc2nc(Cl)nc(Nc3ccc(F)c(C(F)(F)F)c3)n2)o1. The predicted octanol–water partition coefficient (Wildman–Crippen LogP) is 4.94. The molecule has 0 aliphatic rings. The quantitative estimate of drug-likeness (QED) is 0.590. The molecule has 6 nitrogen and oxygen atoms in total. The van der Waals surface area contributed by atoms with Crippen LogP contribution in [0.1, 0.15) is 17.1 Å². The van der Waals surface area contributed by atoms with E-state index in [0.29, 0.717) is 17.9 Å². The molecule has 3 aromatic rings. The summed E-state index contributed by atoms with van der Waals surface area (Å²) < 4.78 is 57.2. The van der Waals surface area contributed by atoms with Crippen LogP contribution in [-0.4, -0.2) is 15.0 Å². The Hall–Kier alpha value is -2.88. The van der Waals surface area contributed by atoms with E-state index in [1.165, 1.54) is 0 Å². The summed E-state index contributed by atoms with van der Waals surface area (Å²) in [6.07, 6.45) is -4.83. The third kappa shape index (κ3) is 4.85. The second-order valence-corrected chi connectivity index (χ2v) is 5.77. The summed E-state index contributed by atoms with van der Waals surface area (Å²) in [7, 11) is 0. The fourth-order valence-electron chi connectivity index (χ4n) is 2.18. The van der Waals surface area contributed by atoms with Gasteiger partial charge in [0.05, 0.1) is 12.1 Å². The highest BCUT2D eigenvalue weighted by molar-refractivity contribution is 6.28. The van der Waals surface area contributed by atoms with E-state index in [1.54, 1.807) is 19.1 Å². The van der Waals surface area contributed by atoms with Gasteiger partial charge in [0.25, 0.3) is 0 Å². The number of aromatic nitrogens is 3. The van der Waals surface area contributed by atoms with Crippen molar-refractivity contribution in [2.45, 2.75) is 19.6 Å². The first-order valence-corrected chi connectivity index (χ1v) is 7.93. The lowest BCUT2D eigenvalue weighted by atomic mass is 10.2. The van der Waals surface area contributed by atoms with E-state index in [4.69, 9.17) is 16.0 Å². The Bertz CT molecular complexity index is 960. The molecular weight excluding hydrogens is 390 g/mol. The van der Waals surface area contributed by atoms with Crippen LogP contribution in [0.2, 0.25) is 5.28 Å². The van der Waals surface area contributed by atoms with Gasteiger partial charge in [-0.15, -0.1) is 0 Å². The van der Waals surface area contributed by atoms with Crippen LogP contribution in [0, 0.1) is 12.7 Å². The molecule has 0 fully saturated rings. The topological polar surface area (TPSA) is 75.9 Å². The second-order valence-electron chi connectivity index (χ2n) is 5.43. The highest BCUT2D eigenvalue weighted by Gasteiger charge is 2.34. The molecule has 2 heterocycles. The number of alkyl halides is 3. The molecule has 0 saturated heterocycles. The largest absolute Gasteiger partial charge is 0.465 e. The van der Waals surface area contributed by atoms with Gasteiger partial charge >= 0.3 is 6.18 Å². The number of nitrogens with zero attached hydrogens (tertiary/aromatic N) is 3. The molecule has 1 aromatic carbocycles. The number of hydrogen-bond acceptors (Lipinski definition) is 6. The van der Waals surface area contributed by atoms with Crippen molar-refractivity contribution in [2.24, 2.45) is 0 Å². The van der Waals surface area contributed by atoms with Crippen molar-refractivity contribution in [3.63, 3.8) is 0 Å². The third-order valence-corrected chi connectivity index (χ3v) is 3.52. The van der Waals surface area contributed by atoms with E-state index in [-0.39, 0.29) is 29.4 Å². The van der Waals surface area contributed by atoms with E-state index in [0.717, 1.165) is 11.8 Å². The van der Waals surface area contributed by atoms with Crippen LogP contribution in [0.4, 0.5) is 35.1 Å². The summed E-state index contributed by atoms with van der Waals surface area (Å²) in [6, 6.07) is 6.00. The second kappa shape index (κ2) is 7.39. The molecule has 0 saturated carbocycles. The molecule has 2 N–H and O–H groups in total. The van der Waals surface area contributed by atoms with E-state index in [2.05, 4.69) is 25.6 Å². The maximum Gasteiger partial charge on any atom is 0.419 e. The average molecular weight is 402 g/mol. The molecular formula is C16H12ClF4N5O. The summed E-state index contributed by atoms with van der Waals surface area (Å²) in [5.74, 6) is -0.0260. The molecule has 0 bridgehead atoms. The van der Waals surface area contributed by atoms with Crippen molar-refractivity contribution in [1.82, 2.24) is 15.0 Å². The van der Waals surface area contributed by atoms with Gasteiger partial charge in [-0.25, -0.2) is 4.39 Å². The fourth-order valence-corrected chi connectivity index (χ4v) is 2.34. The Balaban J connectivity index is 1.78. The number of hydrogen-bond donors (Lipinski definition) is 2. The lowest BCUT2D eigenvalue weighted by Crippen LogP contribution is -2.10. The van der Waals surface area contributed by atoms with Gasteiger partial charge in [-0.2, -0.15) is 28.1 Å². The van der Waals surface area contributed by atoms with Gasteiger partial charge in [0.1, 0.15) is 17.3 Å². The molecule has 3 rings (SSSR count). The van der Waals surface area contributed by atoms with Crippen molar-refractivity contribution in [3.8, 4) is 0 Å². The van der Waals surface area contributed by atoms with Gasteiger partial charge in [0.15, 0.2) is 0 Å². The van der Waals surface area contributed by atoms with E-state index in [1.807, 2.05) is 0 Å². The molecule has 0 atom stereocenters. The highest BCUT2D eigenvalue weighted by atomic mass is 35.5. The van der Waals surface area contributed by atoms with Crippen molar-refractivity contribution >= 4 is 29.2 Å². The predicted molar refractivity (Wildman–Crippen MR) is 90.3 cm³/mol. The molecule has 0 aliphatic carbocycles. The summed E-state index contributed by atoms with van der Waals surface area (Å²) in [4.78, 5) is 11.7. The molecule has 27 heavy (non-hydrogen) atoms. The van der Waals surface area contributed by atoms with Crippen molar-refractivity contribution in [1.29, 1.82) is 0 Å². The zero-order valence-corrected chi connectivity index (χ0v) is 14.5. The lowest BCUT2D eigenvalue weighted by Gasteiger charge is -2.11. The number of anilines is 3. The zero-order chi connectivity index (χ0) is 19.6. The molecule has 0 amide bonds. The number of nitrogens with one attached hydrogen (secondary N) is 2. The van der Waals surface area contributed by atoms with Crippen LogP contribution in [-0.2, 0) is 12.7 Å². The molecule has 2 aromatic heterocycles. The molecule has 0 aliphatic heterocycles. The first-order chi connectivity index (χ1) is 12.7. The van der Waals surface area contributed by atoms with Crippen molar-refractivity contribution < 1.29 is 22.0 Å².